The average Bonchev–Trinajstić information content (AvgIpc) is 2.69. The molecule has 5 nitrogen and oxygen atoms in total. The topological polar surface area (TPSA) is 50.8 Å². The lowest BCUT2D eigenvalue weighted by molar-refractivity contribution is -0.159. The number of hydrogen-bond donors (Lipinski definition) is 1. The normalized spacial score (nSPS) is 21.1. The quantitative estimate of drug-likeness (QED) is 0.888. The summed E-state index contributed by atoms with van der Waals surface area (Å²) in [6.07, 6.45) is 4.75. The van der Waals surface area contributed by atoms with Crippen molar-refractivity contribution in [1.29, 1.82) is 0 Å². The van der Waals surface area contributed by atoms with Crippen molar-refractivity contribution < 1.29 is 14.3 Å². The maximum absolute atomic E-state index is 13.0. The third-order valence-corrected chi connectivity index (χ3v) is 5.78. The van der Waals surface area contributed by atoms with E-state index >= 15 is 0 Å². The molecule has 2 fully saturated rings. The number of carbonyl (C=O) groups excluding carboxylic acids is 1. The second-order valence-electron chi connectivity index (χ2n) is 7.24. The van der Waals surface area contributed by atoms with Gasteiger partial charge in [-0.15, -0.1) is 0 Å². The molecule has 2 heterocycles. The monoisotopic (exact) mass is 346 g/mol. The molecule has 1 aromatic rings. The third kappa shape index (κ3) is 4.15. The molecule has 138 valence electrons. The average molecular weight is 346 g/mol. The van der Waals surface area contributed by atoms with Gasteiger partial charge in [0, 0.05) is 20.2 Å². The standard InChI is InChI=1S/C20H30N2O3/c1-24-18-5-3-16(4-6-18)15-17-7-13-22(14-8-17)19(23)20(25-2)9-11-21-12-10-20/h3-6,17,21H,7-15H2,1-2H3. The zero-order chi connectivity index (χ0) is 17.7. The van der Waals surface area contributed by atoms with E-state index in [4.69, 9.17) is 9.47 Å². The van der Waals surface area contributed by atoms with Gasteiger partial charge in [-0.1, -0.05) is 12.1 Å². The highest BCUT2D eigenvalue weighted by atomic mass is 16.5. The van der Waals surface area contributed by atoms with Crippen molar-refractivity contribution in [3.8, 4) is 5.75 Å². The van der Waals surface area contributed by atoms with E-state index in [-0.39, 0.29) is 5.91 Å². The number of nitrogens with zero attached hydrogens (tertiary/aromatic N) is 1. The Morgan fingerprint density at radius 1 is 1.16 bits per heavy atom. The lowest BCUT2D eigenvalue weighted by Crippen LogP contribution is -2.56. The molecule has 3 rings (SSSR count). The summed E-state index contributed by atoms with van der Waals surface area (Å²) in [7, 11) is 3.37. The van der Waals surface area contributed by atoms with Crippen LogP contribution in [0, 0.1) is 5.92 Å². The minimum Gasteiger partial charge on any atom is -0.497 e. The molecule has 1 N–H and O–H groups in total. The van der Waals surface area contributed by atoms with Gasteiger partial charge >= 0.3 is 0 Å². The molecule has 0 aromatic heterocycles. The van der Waals surface area contributed by atoms with Gasteiger partial charge in [-0.25, -0.2) is 0 Å². The molecule has 2 saturated heterocycles. The van der Waals surface area contributed by atoms with E-state index in [2.05, 4.69) is 17.4 Å². The van der Waals surface area contributed by atoms with Gasteiger partial charge in [0.25, 0.3) is 5.91 Å². The summed E-state index contributed by atoms with van der Waals surface area (Å²) < 4.78 is 10.9. The Balaban J connectivity index is 1.53. The SMILES string of the molecule is COc1ccc(CC2CCN(C(=O)C3(OC)CCNCC3)CC2)cc1. The molecular formula is C20H30N2O3. The zero-order valence-corrected chi connectivity index (χ0v) is 15.4. The molecule has 2 aliphatic rings. The Labute approximate surface area is 150 Å². The van der Waals surface area contributed by atoms with Crippen LogP contribution < -0.4 is 10.1 Å². The van der Waals surface area contributed by atoms with E-state index < -0.39 is 5.60 Å². The van der Waals surface area contributed by atoms with E-state index in [9.17, 15) is 4.79 Å². The highest BCUT2D eigenvalue weighted by Gasteiger charge is 2.43. The third-order valence-electron chi connectivity index (χ3n) is 5.78. The Morgan fingerprint density at radius 2 is 1.80 bits per heavy atom. The van der Waals surface area contributed by atoms with Crippen LogP contribution in [-0.2, 0) is 16.0 Å². The molecule has 0 saturated carbocycles. The van der Waals surface area contributed by atoms with Crippen molar-refractivity contribution in [1.82, 2.24) is 10.2 Å². The molecule has 0 aliphatic carbocycles. The van der Waals surface area contributed by atoms with Gasteiger partial charge in [0.2, 0.25) is 0 Å². The van der Waals surface area contributed by atoms with Crippen molar-refractivity contribution in [2.75, 3.05) is 40.4 Å². The predicted octanol–water partition coefficient (Wildman–Crippen LogP) is 2.24. The fourth-order valence-electron chi connectivity index (χ4n) is 4.06. The highest BCUT2D eigenvalue weighted by molar-refractivity contribution is 5.85. The van der Waals surface area contributed by atoms with E-state index in [1.165, 1.54) is 5.56 Å². The first-order valence-electron chi connectivity index (χ1n) is 9.35. The number of likely N-dealkylation sites (tertiary alicyclic amines) is 1. The second kappa shape index (κ2) is 8.19. The molecule has 0 unspecified atom stereocenters. The minimum absolute atomic E-state index is 0.194. The molecule has 1 aromatic carbocycles. The van der Waals surface area contributed by atoms with Gasteiger partial charge < -0.3 is 19.7 Å². The second-order valence-corrected chi connectivity index (χ2v) is 7.24. The van der Waals surface area contributed by atoms with Crippen LogP contribution in [0.25, 0.3) is 0 Å². The number of piperidine rings is 2. The smallest absolute Gasteiger partial charge is 0.254 e. The van der Waals surface area contributed by atoms with E-state index in [0.29, 0.717) is 5.92 Å². The molecular weight excluding hydrogens is 316 g/mol. The van der Waals surface area contributed by atoms with E-state index in [0.717, 1.165) is 64.0 Å². The minimum atomic E-state index is -0.603. The van der Waals surface area contributed by atoms with E-state index in [1.54, 1.807) is 14.2 Å². The molecule has 0 atom stereocenters. The van der Waals surface area contributed by atoms with Crippen LogP contribution in [0.2, 0.25) is 0 Å². The summed E-state index contributed by atoms with van der Waals surface area (Å²) in [5, 5.41) is 3.31. The summed E-state index contributed by atoms with van der Waals surface area (Å²) in [5.41, 5.74) is 0.742. The first-order valence-corrected chi connectivity index (χ1v) is 9.35. The van der Waals surface area contributed by atoms with Gasteiger partial charge in [-0.3, -0.25) is 4.79 Å². The van der Waals surface area contributed by atoms with Gasteiger partial charge in [0.05, 0.1) is 7.11 Å². The number of amides is 1. The fraction of sp³-hybridized carbons (Fsp3) is 0.650. The maximum atomic E-state index is 13.0. The molecule has 0 radical (unpaired) electrons. The van der Waals surface area contributed by atoms with Crippen LogP contribution >= 0.6 is 0 Å². The number of carbonyl (C=O) groups is 1. The Bertz CT molecular complexity index is 559. The van der Waals surface area contributed by atoms with Gasteiger partial charge in [-0.2, -0.15) is 0 Å². The summed E-state index contributed by atoms with van der Waals surface area (Å²) in [4.78, 5) is 15.0. The highest BCUT2D eigenvalue weighted by Crippen LogP contribution is 2.29. The number of ether oxygens (including phenoxy) is 2. The number of nitrogens with one attached hydrogen (secondary N) is 1. The van der Waals surface area contributed by atoms with Crippen LogP contribution in [0.4, 0.5) is 0 Å². The van der Waals surface area contributed by atoms with Crippen molar-refractivity contribution in [2.24, 2.45) is 5.92 Å². The molecule has 25 heavy (non-hydrogen) atoms. The fourth-order valence-corrected chi connectivity index (χ4v) is 4.06. The first-order chi connectivity index (χ1) is 12.2. The maximum Gasteiger partial charge on any atom is 0.254 e. The van der Waals surface area contributed by atoms with Crippen LogP contribution in [0.1, 0.15) is 31.2 Å². The largest absolute Gasteiger partial charge is 0.497 e. The number of methoxy groups -OCH3 is 2. The predicted molar refractivity (Wildman–Crippen MR) is 97.8 cm³/mol. The van der Waals surface area contributed by atoms with Crippen molar-refractivity contribution in [2.45, 2.75) is 37.7 Å². The Kier molecular flexibility index (Phi) is 5.97. The van der Waals surface area contributed by atoms with Crippen molar-refractivity contribution >= 4 is 5.91 Å². The van der Waals surface area contributed by atoms with Crippen molar-refractivity contribution in [3.05, 3.63) is 29.8 Å². The van der Waals surface area contributed by atoms with Crippen molar-refractivity contribution in [3.63, 3.8) is 0 Å². The zero-order valence-electron chi connectivity index (χ0n) is 15.4. The molecule has 0 spiro atoms. The molecule has 1 amide bonds. The van der Waals surface area contributed by atoms with Crippen LogP contribution in [0.3, 0.4) is 0 Å². The summed E-state index contributed by atoms with van der Waals surface area (Å²) in [6, 6.07) is 8.33. The van der Waals surface area contributed by atoms with Crippen LogP contribution in [-0.4, -0.2) is 56.8 Å². The van der Waals surface area contributed by atoms with E-state index in [1.807, 2.05) is 17.0 Å². The number of hydrogen-bond acceptors (Lipinski definition) is 4. The number of rotatable bonds is 5. The summed E-state index contributed by atoms with van der Waals surface area (Å²) in [5.74, 6) is 1.74. The van der Waals surface area contributed by atoms with Gasteiger partial charge in [0.15, 0.2) is 0 Å². The van der Waals surface area contributed by atoms with Crippen LogP contribution in [0.5, 0.6) is 5.75 Å². The Morgan fingerprint density at radius 3 is 2.36 bits per heavy atom. The lowest BCUT2D eigenvalue weighted by Gasteiger charge is -2.41. The van der Waals surface area contributed by atoms with Gasteiger partial charge in [-0.05, 0) is 68.8 Å². The Hall–Kier alpha value is -1.59. The molecule has 5 heteroatoms. The molecule has 0 bridgehead atoms. The lowest BCUT2D eigenvalue weighted by atomic mass is 9.87. The summed E-state index contributed by atoms with van der Waals surface area (Å²) in [6.45, 7) is 3.40. The van der Waals surface area contributed by atoms with Gasteiger partial charge in [0.1, 0.15) is 11.4 Å². The first kappa shape index (κ1) is 18.2. The van der Waals surface area contributed by atoms with Crippen LogP contribution in [0.15, 0.2) is 24.3 Å². The number of benzene rings is 1. The molecule has 2 aliphatic heterocycles. The summed E-state index contributed by atoms with van der Waals surface area (Å²) >= 11 is 0.